The second kappa shape index (κ2) is 2.15. The van der Waals surface area contributed by atoms with Crippen molar-refractivity contribution in [3.8, 4) is 0 Å². The van der Waals surface area contributed by atoms with Gasteiger partial charge < -0.3 is 9.84 Å². The van der Waals surface area contributed by atoms with Crippen LogP contribution in [0.15, 0.2) is 0 Å². The fourth-order valence-electron chi connectivity index (χ4n) is 3.31. The molecule has 3 rings (SSSR count). The van der Waals surface area contributed by atoms with Crippen molar-refractivity contribution in [1.29, 1.82) is 0 Å². The summed E-state index contributed by atoms with van der Waals surface area (Å²) in [4.78, 5) is 11.6. The van der Waals surface area contributed by atoms with Crippen molar-refractivity contribution < 1.29 is 14.6 Å². The van der Waals surface area contributed by atoms with Crippen molar-refractivity contribution in [2.45, 2.75) is 32.0 Å². The number of hydrogen-bond donors (Lipinski definition) is 1. The Kier molecular flexibility index (Phi) is 1.31. The number of aliphatic hydroxyl groups excluding tert-OH is 1. The van der Waals surface area contributed by atoms with E-state index in [1.807, 2.05) is 6.92 Å². The molecule has 0 bridgehead atoms. The standard InChI is InChI=1S/C10H14O3/c1-5-9(13-5)8-6-2-3-7(12)10(6,8)4-11/h5-6,8-9,11H,2-4H2,1H3/t5-,6+,8-,9+,10-/m0/s1. The summed E-state index contributed by atoms with van der Waals surface area (Å²) in [5.74, 6) is 1.04. The van der Waals surface area contributed by atoms with Crippen molar-refractivity contribution in [3.63, 3.8) is 0 Å². The van der Waals surface area contributed by atoms with Crippen LogP contribution < -0.4 is 0 Å². The highest BCUT2D eigenvalue weighted by atomic mass is 16.6. The Labute approximate surface area is 77.1 Å². The number of Topliss-reactive ketones (excluding diaryl/α,β-unsaturated/α-hetero) is 1. The first kappa shape index (κ1) is 7.94. The van der Waals surface area contributed by atoms with Crippen LogP contribution in [0.1, 0.15) is 19.8 Å². The van der Waals surface area contributed by atoms with Gasteiger partial charge in [0.15, 0.2) is 0 Å². The van der Waals surface area contributed by atoms with E-state index in [2.05, 4.69) is 0 Å². The monoisotopic (exact) mass is 182 g/mol. The van der Waals surface area contributed by atoms with E-state index < -0.39 is 0 Å². The Balaban J connectivity index is 1.84. The minimum atomic E-state index is -0.366. The maximum Gasteiger partial charge on any atom is 0.142 e. The lowest BCUT2D eigenvalue weighted by molar-refractivity contribution is -0.124. The van der Waals surface area contributed by atoms with Gasteiger partial charge in [0.25, 0.3) is 0 Å². The molecular formula is C10H14O3. The van der Waals surface area contributed by atoms with E-state index in [1.165, 1.54) is 0 Å². The number of aliphatic hydroxyl groups is 1. The lowest BCUT2D eigenvalue weighted by Crippen LogP contribution is -2.22. The maximum absolute atomic E-state index is 11.6. The summed E-state index contributed by atoms with van der Waals surface area (Å²) < 4.78 is 5.39. The van der Waals surface area contributed by atoms with E-state index in [9.17, 15) is 9.90 Å². The van der Waals surface area contributed by atoms with Gasteiger partial charge in [0.1, 0.15) is 5.78 Å². The molecule has 0 spiro atoms. The predicted octanol–water partition coefficient (Wildman–Crippen LogP) is 0.361. The average Bonchev–Trinajstić information content (AvgIpc) is 2.94. The van der Waals surface area contributed by atoms with Crippen molar-refractivity contribution >= 4 is 5.78 Å². The molecule has 0 radical (unpaired) electrons. The SMILES string of the molecule is C[C@@H]1O[C@H]1[C@@H]1[C@H]2CCC(=O)[C@@]12CO. The second-order valence-electron chi connectivity index (χ2n) is 4.60. The van der Waals surface area contributed by atoms with Gasteiger partial charge in [-0.1, -0.05) is 0 Å². The number of ether oxygens (including phenoxy) is 1. The number of carbonyl (C=O) groups excluding carboxylic acids is 1. The summed E-state index contributed by atoms with van der Waals surface area (Å²) >= 11 is 0. The molecule has 3 aliphatic rings. The molecular weight excluding hydrogens is 168 g/mol. The van der Waals surface area contributed by atoms with Crippen LogP contribution in [0.3, 0.4) is 0 Å². The van der Waals surface area contributed by atoms with Crippen LogP contribution in [0.5, 0.6) is 0 Å². The van der Waals surface area contributed by atoms with Crippen molar-refractivity contribution in [2.24, 2.45) is 17.3 Å². The lowest BCUT2D eigenvalue weighted by atomic mass is 9.97. The van der Waals surface area contributed by atoms with Crippen LogP contribution in [0.4, 0.5) is 0 Å². The van der Waals surface area contributed by atoms with E-state index in [-0.39, 0.29) is 23.9 Å². The van der Waals surface area contributed by atoms with Crippen LogP contribution in [-0.2, 0) is 9.53 Å². The molecule has 2 saturated carbocycles. The van der Waals surface area contributed by atoms with E-state index in [1.54, 1.807) is 0 Å². The van der Waals surface area contributed by atoms with Gasteiger partial charge in [-0.25, -0.2) is 0 Å². The third-order valence-electron chi connectivity index (χ3n) is 4.16. The Bertz CT molecular complexity index is 275. The quantitative estimate of drug-likeness (QED) is 0.627. The van der Waals surface area contributed by atoms with E-state index >= 15 is 0 Å². The summed E-state index contributed by atoms with van der Waals surface area (Å²) in [5.41, 5.74) is -0.366. The van der Waals surface area contributed by atoms with Crippen molar-refractivity contribution in [2.75, 3.05) is 6.61 Å². The summed E-state index contributed by atoms with van der Waals surface area (Å²) in [5, 5.41) is 9.29. The van der Waals surface area contributed by atoms with Crippen molar-refractivity contribution in [1.82, 2.24) is 0 Å². The Hall–Kier alpha value is -0.410. The topological polar surface area (TPSA) is 49.8 Å². The molecule has 0 aromatic heterocycles. The fraction of sp³-hybridized carbons (Fsp3) is 0.900. The first-order valence-corrected chi connectivity index (χ1v) is 5.01. The third kappa shape index (κ3) is 0.754. The van der Waals surface area contributed by atoms with Gasteiger partial charge in [0.2, 0.25) is 0 Å². The number of fused-ring (bicyclic) bond motifs is 1. The molecule has 0 unspecified atom stereocenters. The molecule has 1 N–H and O–H groups in total. The number of epoxide rings is 1. The Morgan fingerprint density at radius 3 is 2.85 bits per heavy atom. The van der Waals surface area contributed by atoms with Gasteiger partial charge in [-0.2, -0.15) is 0 Å². The Morgan fingerprint density at radius 1 is 1.69 bits per heavy atom. The van der Waals surface area contributed by atoms with Crippen LogP contribution in [0.25, 0.3) is 0 Å². The molecule has 0 aromatic rings. The van der Waals surface area contributed by atoms with Crippen molar-refractivity contribution in [3.05, 3.63) is 0 Å². The molecule has 1 saturated heterocycles. The van der Waals surface area contributed by atoms with Gasteiger partial charge >= 0.3 is 0 Å². The summed E-state index contributed by atoms with van der Waals surface area (Å²) in [7, 11) is 0. The molecule has 72 valence electrons. The van der Waals surface area contributed by atoms with Crippen LogP contribution in [-0.4, -0.2) is 29.7 Å². The lowest BCUT2D eigenvalue weighted by Gasteiger charge is -2.08. The molecule has 2 aliphatic carbocycles. The van der Waals surface area contributed by atoms with E-state index in [4.69, 9.17) is 4.74 Å². The third-order valence-corrected chi connectivity index (χ3v) is 4.16. The molecule has 5 atom stereocenters. The number of carbonyl (C=O) groups is 1. The molecule has 3 nitrogen and oxygen atoms in total. The molecule has 3 fully saturated rings. The summed E-state index contributed by atoms with van der Waals surface area (Å²) in [6.45, 7) is 2.07. The highest BCUT2D eigenvalue weighted by molar-refractivity contribution is 5.92. The minimum absolute atomic E-state index is 0.0355. The van der Waals surface area contributed by atoms with Crippen LogP contribution >= 0.6 is 0 Å². The maximum atomic E-state index is 11.6. The van der Waals surface area contributed by atoms with Crippen LogP contribution in [0, 0.1) is 17.3 Å². The number of ketones is 1. The first-order valence-electron chi connectivity index (χ1n) is 5.01. The number of hydrogen-bond acceptors (Lipinski definition) is 3. The molecule has 1 heterocycles. The highest BCUT2D eigenvalue weighted by Crippen LogP contribution is 2.70. The molecule has 1 aliphatic heterocycles. The highest BCUT2D eigenvalue weighted by Gasteiger charge is 2.76. The second-order valence-corrected chi connectivity index (χ2v) is 4.60. The van der Waals surface area contributed by atoms with E-state index in [0.29, 0.717) is 24.4 Å². The average molecular weight is 182 g/mol. The summed E-state index contributed by atoms with van der Waals surface area (Å²) in [6.07, 6.45) is 2.22. The normalized spacial score (nSPS) is 57.8. The smallest absolute Gasteiger partial charge is 0.142 e. The zero-order valence-electron chi connectivity index (χ0n) is 7.69. The molecule has 0 amide bonds. The largest absolute Gasteiger partial charge is 0.395 e. The molecule has 0 aromatic carbocycles. The van der Waals surface area contributed by atoms with Gasteiger partial charge in [-0.3, -0.25) is 4.79 Å². The zero-order chi connectivity index (χ0) is 9.22. The first-order chi connectivity index (χ1) is 6.21. The minimum Gasteiger partial charge on any atom is -0.395 e. The zero-order valence-corrected chi connectivity index (χ0v) is 7.69. The van der Waals surface area contributed by atoms with Gasteiger partial charge in [0, 0.05) is 12.3 Å². The van der Waals surface area contributed by atoms with Gasteiger partial charge in [-0.15, -0.1) is 0 Å². The fourth-order valence-corrected chi connectivity index (χ4v) is 3.31. The predicted molar refractivity (Wildman–Crippen MR) is 45.1 cm³/mol. The molecule has 3 heteroatoms. The number of rotatable bonds is 2. The molecule has 13 heavy (non-hydrogen) atoms. The van der Waals surface area contributed by atoms with Gasteiger partial charge in [0.05, 0.1) is 24.2 Å². The van der Waals surface area contributed by atoms with Gasteiger partial charge in [-0.05, 0) is 19.3 Å². The summed E-state index contributed by atoms with van der Waals surface area (Å²) in [6, 6.07) is 0. The Morgan fingerprint density at radius 2 is 2.38 bits per heavy atom. The van der Waals surface area contributed by atoms with E-state index in [0.717, 1.165) is 6.42 Å². The van der Waals surface area contributed by atoms with Crippen LogP contribution in [0.2, 0.25) is 0 Å².